The minimum Gasteiger partial charge on any atom is -0.324 e. The van der Waals surface area contributed by atoms with Gasteiger partial charge in [-0.3, -0.25) is 19.3 Å². The first-order valence-corrected chi connectivity index (χ1v) is 9.29. The van der Waals surface area contributed by atoms with Crippen LogP contribution in [0, 0.1) is 0 Å². The Morgan fingerprint density at radius 3 is 2.62 bits per heavy atom. The van der Waals surface area contributed by atoms with Crippen molar-refractivity contribution in [3.8, 4) is 0 Å². The number of imide groups is 1. The second kappa shape index (κ2) is 5.67. The van der Waals surface area contributed by atoms with Crippen molar-refractivity contribution in [2.45, 2.75) is 18.9 Å². The first-order chi connectivity index (χ1) is 11.2. The molecule has 3 rings (SSSR count). The minimum atomic E-state index is -3.49. The maximum atomic E-state index is 12.5. The molecule has 1 unspecified atom stereocenters. The molecule has 8 nitrogen and oxygen atoms in total. The number of sulfonamides is 1. The van der Waals surface area contributed by atoms with Gasteiger partial charge in [0.25, 0.3) is 11.8 Å². The predicted molar refractivity (Wildman–Crippen MR) is 86.1 cm³/mol. The lowest BCUT2D eigenvalue weighted by atomic mass is 10.1. The van der Waals surface area contributed by atoms with Gasteiger partial charge in [-0.05, 0) is 25.0 Å². The van der Waals surface area contributed by atoms with Crippen molar-refractivity contribution >= 4 is 33.4 Å². The zero-order valence-corrected chi connectivity index (χ0v) is 14.1. The Morgan fingerprint density at radius 1 is 1.25 bits per heavy atom. The van der Waals surface area contributed by atoms with Gasteiger partial charge in [-0.25, -0.2) is 8.42 Å². The molecule has 2 heterocycles. The zero-order chi connectivity index (χ0) is 17.6. The van der Waals surface area contributed by atoms with Gasteiger partial charge in [0, 0.05) is 13.6 Å². The van der Waals surface area contributed by atoms with E-state index in [9.17, 15) is 22.8 Å². The van der Waals surface area contributed by atoms with Gasteiger partial charge in [-0.15, -0.1) is 0 Å². The van der Waals surface area contributed by atoms with Gasteiger partial charge in [0.15, 0.2) is 0 Å². The zero-order valence-electron chi connectivity index (χ0n) is 13.3. The fraction of sp³-hybridized carbons (Fsp3) is 0.400. The van der Waals surface area contributed by atoms with Crippen LogP contribution in [-0.2, 0) is 14.8 Å². The summed E-state index contributed by atoms with van der Waals surface area (Å²) < 4.78 is 24.7. The molecule has 0 bridgehead atoms. The highest BCUT2D eigenvalue weighted by Gasteiger charge is 2.39. The Hall–Kier alpha value is -2.26. The molecular weight excluding hydrogens is 334 g/mol. The number of nitrogens with zero attached hydrogens (tertiary/aromatic N) is 2. The second-order valence-corrected chi connectivity index (χ2v) is 7.85. The van der Waals surface area contributed by atoms with Crippen LogP contribution >= 0.6 is 0 Å². The van der Waals surface area contributed by atoms with Gasteiger partial charge < -0.3 is 5.32 Å². The van der Waals surface area contributed by atoms with E-state index in [1.165, 1.54) is 19.2 Å². The monoisotopic (exact) mass is 351 g/mol. The summed E-state index contributed by atoms with van der Waals surface area (Å²) in [5.41, 5.74) is 0.592. The fourth-order valence-electron chi connectivity index (χ4n) is 3.12. The summed E-state index contributed by atoms with van der Waals surface area (Å²) in [7, 11) is -2.11. The third kappa shape index (κ3) is 2.59. The highest BCUT2D eigenvalue weighted by Crippen LogP contribution is 2.29. The molecule has 0 aliphatic carbocycles. The number of amides is 3. The van der Waals surface area contributed by atoms with Gasteiger partial charge in [-0.1, -0.05) is 6.07 Å². The molecule has 0 aromatic heterocycles. The van der Waals surface area contributed by atoms with Crippen LogP contribution in [0.4, 0.5) is 5.69 Å². The summed E-state index contributed by atoms with van der Waals surface area (Å²) in [6.07, 6.45) is 2.08. The first kappa shape index (κ1) is 16.6. The Morgan fingerprint density at radius 2 is 1.96 bits per heavy atom. The largest absolute Gasteiger partial charge is 0.324 e. The average molecular weight is 351 g/mol. The Kier molecular flexibility index (Phi) is 3.92. The van der Waals surface area contributed by atoms with E-state index >= 15 is 0 Å². The van der Waals surface area contributed by atoms with Crippen LogP contribution in [0.1, 0.15) is 33.6 Å². The van der Waals surface area contributed by atoms with Crippen molar-refractivity contribution in [2.24, 2.45) is 0 Å². The first-order valence-electron chi connectivity index (χ1n) is 7.45. The molecule has 2 aliphatic rings. The number of rotatable bonds is 3. The van der Waals surface area contributed by atoms with Crippen molar-refractivity contribution in [3.63, 3.8) is 0 Å². The summed E-state index contributed by atoms with van der Waals surface area (Å²) in [4.78, 5) is 37.7. The molecule has 2 aliphatic heterocycles. The van der Waals surface area contributed by atoms with E-state index in [0.717, 1.165) is 15.5 Å². The van der Waals surface area contributed by atoms with Crippen LogP contribution in [0.2, 0.25) is 0 Å². The molecule has 9 heteroatoms. The van der Waals surface area contributed by atoms with E-state index in [1.807, 2.05) is 0 Å². The molecular formula is C15H17N3O5S. The number of anilines is 1. The minimum absolute atomic E-state index is 0.141. The number of carbonyl (C=O) groups is 3. The Labute approximate surface area is 139 Å². The standard InChI is InChI=1S/C15H17N3O5S/c1-17-14(20)9-5-3-6-10(12(9)15(17)21)16-13(19)11-7-4-8-18(11)24(2,22)23/h3,5-6,11H,4,7-8H2,1-2H3,(H,16,19). The van der Waals surface area contributed by atoms with Crippen LogP contribution in [-0.4, -0.2) is 61.2 Å². The number of fused-ring (bicyclic) bond motifs is 1. The Balaban J connectivity index is 1.90. The molecule has 0 radical (unpaired) electrons. The fourth-order valence-corrected chi connectivity index (χ4v) is 4.25. The van der Waals surface area contributed by atoms with Crippen molar-refractivity contribution in [3.05, 3.63) is 29.3 Å². The SMILES string of the molecule is CN1C(=O)c2cccc(NC(=O)C3CCCN3S(C)(=O)=O)c2C1=O. The molecule has 0 spiro atoms. The summed E-state index contributed by atoms with van der Waals surface area (Å²) in [6, 6.07) is 3.82. The van der Waals surface area contributed by atoms with E-state index in [1.54, 1.807) is 6.07 Å². The lowest BCUT2D eigenvalue weighted by molar-refractivity contribution is -0.119. The summed E-state index contributed by atoms with van der Waals surface area (Å²) >= 11 is 0. The quantitative estimate of drug-likeness (QED) is 0.788. The highest BCUT2D eigenvalue weighted by atomic mass is 32.2. The third-order valence-corrected chi connectivity index (χ3v) is 5.60. The van der Waals surface area contributed by atoms with Gasteiger partial charge in [0.2, 0.25) is 15.9 Å². The number of hydrogen-bond acceptors (Lipinski definition) is 5. The number of benzene rings is 1. The van der Waals surface area contributed by atoms with Crippen LogP contribution < -0.4 is 5.32 Å². The van der Waals surface area contributed by atoms with Crippen molar-refractivity contribution in [2.75, 3.05) is 25.2 Å². The van der Waals surface area contributed by atoms with Crippen LogP contribution in [0.5, 0.6) is 0 Å². The lowest BCUT2D eigenvalue weighted by Crippen LogP contribution is -2.42. The van der Waals surface area contributed by atoms with Crippen molar-refractivity contribution in [1.82, 2.24) is 9.21 Å². The van der Waals surface area contributed by atoms with Gasteiger partial charge in [0.05, 0.1) is 23.1 Å². The maximum Gasteiger partial charge on any atom is 0.263 e. The van der Waals surface area contributed by atoms with E-state index < -0.39 is 33.8 Å². The van der Waals surface area contributed by atoms with Crippen LogP contribution in [0.25, 0.3) is 0 Å². The maximum absolute atomic E-state index is 12.5. The number of hydrogen-bond donors (Lipinski definition) is 1. The van der Waals surface area contributed by atoms with Crippen molar-refractivity contribution < 1.29 is 22.8 Å². The average Bonchev–Trinajstić information content (AvgIpc) is 3.09. The molecule has 24 heavy (non-hydrogen) atoms. The van der Waals surface area contributed by atoms with E-state index in [4.69, 9.17) is 0 Å². The topological polar surface area (TPSA) is 104 Å². The van der Waals surface area contributed by atoms with Crippen LogP contribution in [0.15, 0.2) is 18.2 Å². The number of carbonyl (C=O) groups excluding carboxylic acids is 3. The molecule has 1 fully saturated rings. The number of nitrogens with one attached hydrogen (secondary N) is 1. The molecule has 1 aromatic carbocycles. The smallest absolute Gasteiger partial charge is 0.263 e. The van der Waals surface area contributed by atoms with E-state index in [2.05, 4.69) is 5.32 Å². The summed E-state index contributed by atoms with van der Waals surface area (Å²) in [6.45, 7) is 0.296. The molecule has 128 valence electrons. The molecule has 0 saturated carbocycles. The van der Waals surface area contributed by atoms with Crippen molar-refractivity contribution in [1.29, 1.82) is 0 Å². The molecule has 1 saturated heterocycles. The molecule has 3 amide bonds. The summed E-state index contributed by atoms with van der Waals surface area (Å²) in [5.74, 6) is -1.41. The van der Waals surface area contributed by atoms with Gasteiger partial charge in [0.1, 0.15) is 6.04 Å². The van der Waals surface area contributed by atoms with Gasteiger partial charge in [-0.2, -0.15) is 4.31 Å². The van der Waals surface area contributed by atoms with Crippen LogP contribution in [0.3, 0.4) is 0 Å². The Bertz CT molecular complexity index is 849. The highest BCUT2D eigenvalue weighted by molar-refractivity contribution is 7.88. The van der Waals surface area contributed by atoms with Gasteiger partial charge >= 0.3 is 0 Å². The molecule has 1 aromatic rings. The van der Waals surface area contributed by atoms with E-state index in [0.29, 0.717) is 19.4 Å². The normalized spacial score (nSPS) is 21.2. The van der Waals surface area contributed by atoms with E-state index in [-0.39, 0.29) is 16.8 Å². The molecule has 1 N–H and O–H groups in total. The summed E-state index contributed by atoms with van der Waals surface area (Å²) in [5, 5.41) is 2.61. The second-order valence-electron chi connectivity index (χ2n) is 5.92. The molecule has 1 atom stereocenters. The predicted octanol–water partition coefficient (Wildman–Crippen LogP) is 0.275. The third-order valence-electron chi connectivity index (χ3n) is 4.31. The lowest BCUT2D eigenvalue weighted by Gasteiger charge is -2.21.